The van der Waals surface area contributed by atoms with Crippen molar-refractivity contribution in [2.45, 2.75) is 6.43 Å². The second-order valence-electron chi connectivity index (χ2n) is 2.84. The lowest BCUT2D eigenvalue weighted by molar-refractivity contribution is 0.0513. The summed E-state index contributed by atoms with van der Waals surface area (Å²) in [6, 6.07) is 3.25. The van der Waals surface area contributed by atoms with Crippen molar-refractivity contribution >= 4 is 17.2 Å². The first-order valence-electron chi connectivity index (χ1n) is 4.37. The highest BCUT2D eigenvalue weighted by Gasteiger charge is 2.19. The molecule has 0 unspecified atom stereocenters. The highest BCUT2D eigenvalue weighted by atomic mass is 32.1. The number of thiophene rings is 1. The third kappa shape index (κ3) is 3.56. The zero-order valence-corrected chi connectivity index (χ0v) is 8.71. The quantitative estimate of drug-likeness (QED) is 0.839. The van der Waals surface area contributed by atoms with Crippen LogP contribution in [-0.2, 0) is 0 Å². The summed E-state index contributed by atoms with van der Waals surface area (Å²) < 4.78 is 24.3. The molecular formula is C9H11F2NO2S. The summed E-state index contributed by atoms with van der Waals surface area (Å²) in [5.74, 6) is -0.459. The van der Waals surface area contributed by atoms with Crippen molar-refractivity contribution < 1.29 is 18.7 Å². The maximum absolute atomic E-state index is 12.1. The number of aliphatic hydroxyl groups excluding tert-OH is 1. The third-order valence-corrected chi connectivity index (χ3v) is 2.61. The van der Waals surface area contributed by atoms with Crippen LogP contribution < -0.4 is 0 Å². The number of carbonyl (C=O) groups excluding carboxylic acids is 1. The predicted octanol–water partition coefficient (Wildman–Crippen LogP) is 1.45. The molecule has 0 aliphatic carbocycles. The molecule has 3 nitrogen and oxygen atoms in total. The Kier molecular flexibility index (Phi) is 4.64. The lowest BCUT2D eigenvalue weighted by atomic mass is 10.4. The van der Waals surface area contributed by atoms with E-state index in [1.54, 1.807) is 17.5 Å². The normalized spacial score (nSPS) is 10.7. The molecule has 0 aromatic carbocycles. The number of hydrogen-bond donors (Lipinski definition) is 1. The molecule has 0 aliphatic heterocycles. The molecule has 0 saturated carbocycles. The van der Waals surface area contributed by atoms with Crippen molar-refractivity contribution in [2.24, 2.45) is 0 Å². The van der Waals surface area contributed by atoms with Gasteiger partial charge in [0.05, 0.1) is 18.0 Å². The van der Waals surface area contributed by atoms with Crippen LogP contribution in [-0.4, -0.2) is 42.0 Å². The average molecular weight is 235 g/mol. The monoisotopic (exact) mass is 235 g/mol. The summed E-state index contributed by atoms with van der Waals surface area (Å²) in [5.41, 5.74) is 0. The van der Waals surface area contributed by atoms with Gasteiger partial charge in [0.1, 0.15) is 0 Å². The van der Waals surface area contributed by atoms with Gasteiger partial charge in [-0.25, -0.2) is 8.78 Å². The fraction of sp³-hybridized carbons (Fsp3) is 0.444. The summed E-state index contributed by atoms with van der Waals surface area (Å²) in [7, 11) is 0. The molecule has 0 fully saturated rings. The van der Waals surface area contributed by atoms with Gasteiger partial charge >= 0.3 is 0 Å². The Morgan fingerprint density at radius 3 is 2.80 bits per heavy atom. The first-order valence-corrected chi connectivity index (χ1v) is 5.25. The van der Waals surface area contributed by atoms with Crippen molar-refractivity contribution in [3.63, 3.8) is 0 Å². The van der Waals surface area contributed by atoms with Crippen LogP contribution in [0.25, 0.3) is 0 Å². The number of halogens is 2. The molecule has 0 atom stereocenters. The van der Waals surface area contributed by atoms with E-state index in [2.05, 4.69) is 0 Å². The van der Waals surface area contributed by atoms with E-state index < -0.39 is 18.9 Å². The largest absolute Gasteiger partial charge is 0.395 e. The van der Waals surface area contributed by atoms with Crippen LogP contribution in [0.15, 0.2) is 17.5 Å². The molecule has 0 aliphatic rings. The molecule has 15 heavy (non-hydrogen) atoms. The van der Waals surface area contributed by atoms with E-state index in [0.717, 1.165) is 4.90 Å². The lowest BCUT2D eigenvalue weighted by Gasteiger charge is -2.20. The van der Waals surface area contributed by atoms with Crippen LogP contribution in [0.4, 0.5) is 8.78 Å². The summed E-state index contributed by atoms with van der Waals surface area (Å²) in [5, 5.41) is 10.4. The molecule has 1 heterocycles. The van der Waals surface area contributed by atoms with Crippen molar-refractivity contribution in [1.29, 1.82) is 0 Å². The van der Waals surface area contributed by atoms with E-state index in [-0.39, 0.29) is 13.2 Å². The summed E-state index contributed by atoms with van der Waals surface area (Å²) in [6.07, 6.45) is -2.58. The second-order valence-corrected chi connectivity index (χ2v) is 3.79. The minimum atomic E-state index is -2.58. The lowest BCUT2D eigenvalue weighted by Crippen LogP contribution is -2.36. The van der Waals surface area contributed by atoms with Crippen LogP contribution in [0.1, 0.15) is 9.67 Å². The van der Waals surface area contributed by atoms with Crippen molar-refractivity contribution in [2.75, 3.05) is 19.7 Å². The van der Waals surface area contributed by atoms with E-state index in [1.807, 2.05) is 0 Å². The smallest absolute Gasteiger partial charge is 0.264 e. The topological polar surface area (TPSA) is 40.5 Å². The Hall–Kier alpha value is -1.01. The van der Waals surface area contributed by atoms with Gasteiger partial charge in [-0.15, -0.1) is 11.3 Å². The molecule has 6 heteroatoms. The van der Waals surface area contributed by atoms with Crippen molar-refractivity contribution in [3.05, 3.63) is 22.4 Å². The minimum Gasteiger partial charge on any atom is -0.395 e. The van der Waals surface area contributed by atoms with E-state index >= 15 is 0 Å². The summed E-state index contributed by atoms with van der Waals surface area (Å²) in [4.78, 5) is 13.0. The standard InChI is InChI=1S/C9H11F2NO2S/c10-8(11)6-12(3-4-13)9(14)7-2-1-5-15-7/h1-2,5,8,13H,3-4,6H2. The summed E-state index contributed by atoms with van der Waals surface area (Å²) in [6.45, 7) is -1.03. The fourth-order valence-corrected chi connectivity index (χ4v) is 1.81. The molecule has 0 spiro atoms. The van der Waals surface area contributed by atoms with Crippen molar-refractivity contribution in [1.82, 2.24) is 4.90 Å². The first-order chi connectivity index (χ1) is 7.15. The number of hydrogen-bond acceptors (Lipinski definition) is 3. The van der Waals surface area contributed by atoms with Gasteiger partial charge in [-0.2, -0.15) is 0 Å². The molecule has 1 aromatic heterocycles. The molecule has 0 bridgehead atoms. The number of alkyl halides is 2. The first kappa shape index (κ1) is 12.1. The summed E-state index contributed by atoms with van der Waals surface area (Å²) >= 11 is 1.19. The van der Waals surface area contributed by atoms with Gasteiger partial charge in [0.2, 0.25) is 0 Å². The maximum atomic E-state index is 12.1. The Labute approximate surface area is 89.9 Å². The van der Waals surface area contributed by atoms with Crippen LogP contribution in [0.3, 0.4) is 0 Å². The average Bonchev–Trinajstić information content (AvgIpc) is 2.68. The third-order valence-electron chi connectivity index (χ3n) is 1.75. The van der Waals surface area contributed by atoms with Gasteiger partial charge in [0.25, 0.3) is 12.3 Å². The van der Waals surface area contributed by atoms with Crippen LogP contribution >= 0.6 is 11.3 Å². The van der Waals surface area contributed by atoms with Gasteiger partial charge in [0, 0.05) is 6.54 Å². The van der Waals surface area contributed by atoms with Crippen molar-refractivity contribution in [3.8, 4) is 0 Å². The fourth-order valence-electron chi connectivity index (χ4n) is 1.12. The number of carbonyl (C=O) groups is 1. The molecule has 1 amide bonds. The molecule has 1 aromatic rings. The molecule has 0 saturated heterocycles. The molecule has 0 radical (unpaired) electrons. The SMILES string of the molecule is O=C(c1cccs1)N(CCO)CC(F)F. The van der Waals surface area contributed by atoms with Gasteiger partial charge in [0.15, 0.2) is 0 Å². The molecular weight excluding hydrogens is 224 g/mol. The zero-order valence-electron chi connectivity index (χ0n) is 7.90. The van der Waals surface area contributed by atoms with E-state index in [4.69, 9.17) is 5.11 Å². The minimum absolute atomic E-state index is 0.0684. The van der Waals surface area contributed by atoms with Gasteiger partial charge in [-0.05, 0) is 11.4 Å². The molecule has 1 rings (SSSR count). The van der Waals surface area contributed by atoms with Crippen LogP contribution in [0.2, 0.25) is 0 Å². The maximum Gasteiger partial charge on any atom is 0.264 e. The Bertz CT molecular complexity index is 303. The highest BCUT2D eigenvalue weighted by molar-refractivity contribution is 7.12. The zero-order chi connectivity index (χ0) is 11.3. The second kappa shape index (κ2) is 5.77. The van der Waals surface area contributed by atoms with E-state index in [9.17, 15) is 13.6 Å². The van der Waals surface area contributed by atoms with Gasteiger partial charge in [-0.3, -0.25) is 4.79 Å². The Balaban J connectivity index is 2.67. The number of rotatable bonds is 5. The highest BCUT2D eigenvalue weighted by Crippen LogP contribution is 2.12. The number of aliphatic hydroxyl groups is 1. The van der Waals surface area contributed by atoms with E-state index in [1.165, 1.54) is 11.3 Å². The number of amides is 1. The van der Waals surface area contributed by atoms with E-state index in [0.29, 0.717) is 4.88 Å². The molecule has 1 N–H and O–H groups in total. The number of nitrogens with zero attached hydrogens (tertiary/aromatic N) is 1. The Morgan fingerprint density at radius 2 is 2.33 bits per heavy atom. The predicted molar refractivity (Wildman–Crippen MR) is 53.3 cm³/mol. The Morgan fingerprint density at radius 1 is 1.60 bits per heavy atom. The van der Waals surface area contributed by atoms with Gasteiger partial charge < -0.3 is 10.0 Å². The van der Waals surface area contributed by atoms with Gasteiger partial charge in [-0.1, -0.05) is 6.07 Å². The molecule has 84 valence electrons. The van der Waals surface area contributed by atoms with Crippen LogP contribution in [0, 0.1) is 0 Å². The van der Waals surface area contributed by atoms with Crippen LogP contribution in [0.5, 0.6) is 0 Å².